The van der Waals surface area contributed by atoms with E-state index in [9.17, 15) is 14.6 Å². The Morgan fingerprint density at radius 3 is 2.31 bits per heavy atom. The van der Waals surface area contributed by atoms with Crippen LogP contribution in [0.15, 0.2) is 24.3 Å². The number of benzene rings is 1. The Morgan fingerprint density at radius 2 is 1.81 bits per heavy atom. The molecule has 1 fully saturated rings. The first kappa shape index (κ1) is 11.8. The lowest BCUT2D eigenvalue weighted by Gasteiger charge is -2.20. The third kappa shape index (κ3) is 2.21. The molecule has 4 heteroatoms. The van der Waals surface area contributed by atoms with Gasteiger partial charge in [0.05, 0.1) is 12.2 Å². The van der Waals surface area contributed by atoms with Crippen molar-refractivity contribution in [3.63, 3.8) is 0 Å². The van der Waals surface area contributed by atoms with Gasteiger partial charge in [-0.1, -0.05) is 23.7 Å². The van der Waals surface area contributed by atoms with Crippen LogP contribution in [0, 0.1) is 5.92 Å². The van der Waals surface area contributed by atoms with Crippen molar-refractivity contribution in [3.8, 4) is 0 Å². The zero-order chi connectivity index (χ0) is 11.7. The van der Waals surface area contributed by atoms with Crippen molar-refractivity contribution in [2.24, 2.45) is 5.92 Å². The molecule has 88 valence electrons. The van der Waals surface area contributed by atoms with E-state index < -0.39 is 24.3 Å². The first-order valence-electron chi connectivity index (χ1n) is 5.35. The Hall–Kier alpha value is -0.640. The van der Waals surface area contributed by atoms with E-state index in [1.165, 1.54) is 0 Å². The van der Waals surface area contributed by atoms with Gasteiger partial charge in [-0.2, -0.15) is 0 Å². The molecule has 0 bridgehead atoms. The average molecular weight is 245 g/mol. The van der Waals surface area contributed by atoms with Crippen LogP contribution >= 0.6 is 11.6 Å². The van der Waals surface area contributed by atoms with E-state index in [-0.39, 0.29) is 0 Å². The van der Waals surface area contributed by atoms with Crippen LogP contribution in [-0.4, -0.2) is 22.4 Å². The summed E-state index contributed by atoms with van der Waals surface area (Å²) in [7, 11) is 0. The predicted octanol–water partition coefficient (Wildman–Crippen LogP) is 2.48. The molecule has 4 unspecified atom stereocenters. The average Bonchev–Trinajstić information content (AvgIpc) is 2.60. The maximum atomic E-state index is 14.1. The van der Waals surface area contributed by atoms with Gasteiger partial charge in [-0.25, -0.2) is 4.39 Å². The molecule has 0 saturated heterocycles. The number of halogens is 2. The summed E-state index contributed by atoms with van der Waals surface area (Å²) in [5.41, 5.74) is 0.502. The minimum Gasteiger partial charge on any atom is -0.390 e. The summed E-state index contributed by atoms with van der Waals surface area (Å²) in [6.45, 7) is 0. The van der Waals surface area contributed by atoms with E-state index in [4.69, 9.17) is 11.6 Å². The maximum absolute atomic E-state index is 14.1. The van der Waals surface area contributed by atoms with E-state index in [1.807, 2.05) is 0 Å². The van der Waals surface area contributed by atoms with Gasteiger partial charge >= 0.3 is 0 Å². The minimum atomic E-state index is -1.25. The standard InChI is InChI=1S/C12H14ClFO2/c13-8-3-1-7(2-4-8)11(14)9-5-6-10(15)12(9)16/h1-4,9-12,15-16H,5-6H2. The molecule has 0 radical (unpaired) electrons. The monoisotopic (exact) mass is 244 g/mol. The summed E-state index contributed by atoms with van der Waals surface area (Å²) < 4.78 is 14.1. The second-order valence-electron chi connectivity index (χ2n) is 4.25. The Morgan fingerprint density at radius 1 is 1.19 bits per heavy atom. The van der Waals surface area contributed by atoms with E-state index in [0.29, 0.717) is 23.4 Å². The molecular weight excluding hydrogens is 231 g/mol. The number of aliphatic hydroxyl groups is 2. The smallest absolute Gasteiger partial charge is 0.130 e. The lowest BCUT2D eigenvalue weighted by atomic mass is 9.94. The maximum Gasteiger partial charge on any atom is 0.130 e. The quantitative estimate of drug-likeness (QED) is 0.839. The number of aliphatic hydroxyl groups excluding tert-OH is 2. The van der Waals surface area contributed by atoms with Gasteiger partial charge in [-0.3, -0.25) is 0 Å². The third-order valence-corrected chi connectivity index (χ3v) is 3.44. The largest absolute Gasteiger partial charge is 0.390 e. The highest BCUT2D eigenvalue weighted by molar-refractivity contribution is 6.30. The fourth-order valence-corrected chi connectivity index (χ4v) is 2.33. The molecule has 1 saturated carbocycles. The first-order chi connectivity index (χ1) is 7.59. The number of hydrogen-bond donors (Lipinski definition) is 2. The summed E-state index contributed by atoms with van der Waals surface area (Å²) in [4.78, 5) is 0. The van der Waals surface area contributed by atoms with Crippen LogP contribution < -0.4 is 0 Å². The zero-order valence-electron chi connectivity index (χ0n) is 8.68. The van der Waals surface area contributed by atoms with Crippen molar-refractivity contribution in [3.05, 3.63) is 34.9 Å². The fraction of sp³-hybridized carbons (Fsp3) is 0.500. The van der Waals surface area contributed by atoms with Crippen LogP contribution in [0.1, 0.15) is 24.6 Å². The lowest BCUT2D eigenvalue weighted by Crippen LogP contribution is -2.27. The molecule has 2 N–H and O–H groups in total. The second-order valence-corrected chi connectivity index (χ2v) is 4.69. The van der Waals surface area contributed by atoms with Crippen molar-refractivity contribution >= 4 is 11.6 Å². The van der Waals surface area contributed by atoms with Crippen molar-refractivity contribution in [2.45, 2.75) is 31.2 Å². The Kier molecular flexibility index (Phi) is 3.47. The highest BCUT2D eigenvalue weighted by Gasteiger charge is 2.39. The Bertz CT molecular complexity index is 355. The van der Waals surface area contributed by atoms with Crippen molar-refractivity contribution in [1.29, 1.82) is 0 Å². The summed E-state index contributed by atoms with van der Waals surface area (Å²) in [6.07, 6.45) is -2.04. The molecule has 0 amide bonds. The van der Waals surface area contributed by atoms with E-state index in [2.05, 4.69) is 0 Å². The molecule has 0 spiro atoms. The summed E-state index contributed by atoms with van der Waals surface area (Å²) in [5.74, 6) is -0.517. The Balaban J connectivity index is 2.13. The number of rotatable bonds is 2. The SMILES string of the molecule is OC1CCC(C(F)c2ccc(Cl)cc2)C1O. The van der Waals surface area contributed by atoms with Gasteiger partial charge in [0, 0.05) is 10.9 Å². The fourth-order valence-electron chi connectivity index (χ4n) is 2.20. The highest BCUT2D eigenvalue weighted by Crippen LogP contribution is 2.38. The molecule has 2 rings (SSSR count). The minimum absolute atomic E-state index is 0.458. The highest BCUT2D eigenvalue weighted by atomic mass is 35.5. The topological polar surface area (TPSA) is 40.5 Å². The van der Waals surface area contributed by atoms with E-state index in [0.717, 1.165) is 0 Å². The molecule has 0 aliphatic heterocycles. The van der Waals surface area contributed by atoms with Gasteiger partial charge in [0.1, 0.15) is 6.17 Å². The molecule has 0 heterocycles. The molecular formula is C12H14ClFO2. The van der Waals surface area contributed by atoms with Gasteiger partial charge in [0.15, 0.2) is 0 Å². The molecule has 4 atom stereocenters. The molecule has 1 aromatic carbocycles. The predicted molar refractivity (Wildman–Crippen MR) is 60.0 cm³/mol. The van der Waals surface area contributed by atoms with Gasteiger partial charge in [0.2, 0.25) is 0 Å². The molecule has 1 aromatic rings. The lowest BCUT2D eigenvalue weighted by molar-refractivity contribution is -0.000591. The number of alkyl halides is 1. The molecule has 2 nitrogen and oxygen atoms in total. The van der Waals surface area contributed by atoms with E-state index in [1.54, 1.807) is 24.3 Å². The second kappa shape index (κ2) is 4.70. The normalized spacial score (nSPS) is 31.6. The van der Waals surface area contributed by atoms with Gasteiger partial charge in [0.25, 0.3) is 0 Å². The van der Waals surface area contributed by atoms with Crippen LogP contribution in [-0.2, 0) is 0 Å². The summed E-state index contributed by atoms with van der Waals surface area (Å²) >= 11 is 5.72. The van der Waals surface area contributed by atoms with Crippen LogP contribution in [0.4, 0.5) is 4.39 Å². The van der Waals surface area contributed by atoms with Crippen LogP contribution in [0.25, 0.3) is 0 Å². The summed E-state index contributed by atoms with van der Waals surface area (Å²) in [6, 6.07) is 6.48. The summed E-state index contributed by atoms with van der Waals surface area (Å²) in [5, 5.41) is 19.6. The van der Waals surface area contributed by atoms with Gasteiger partial charge in [-0.15, -0.1) is 0 Å². The first-order valence-corrected chi connectivity index (χ1v) is 5.73. The molecule has 1 aliphatic carbocycles. The van der Waals surface area contributed by atoms with E-state index >= 15 is 0 Å². The van der Waals surface area contributed by atoms with Crippen molar-refractivity contribution in [1.82, 2.24) is 0 Å². The van der Waals surface area contributed by atoms with Crippen LogP contribution in [0.5, 0.6) is 0 Å². The van der Waals surface area contributed by atoms with Gasteiger partial charge in [-0.05, 0) is 30.5 Å². The van der Waals surface area contributed by atoms with Crippen molar-refractivity contribution in [2.75, 3.05) is 0 Å². The van der Waals surface area contributed by atoms with Crippen LogP contribution in [0.2, 0.25) is 5.02 Å². The van der Waals surface area contributed by atoms with Crippen molar-refractivity contribution < 1.29 is 14.6 Å². The zero-order valence-corrected chi connectivity index (χ0v) is 9.44. The molecule has 0 aromatic heterocycles. The number of hydrogen-bond acceptors (Lipinski definition) is 2. The van der Waals surface area contributed by atoms with Gasteiger partial charge < -0.3 is 10.2 Å². The van der Waals surface area contributed by atoms with Crippen LogP contribution in [0.3, 0.4) is 0 Å². The molecule has 16 heavy (non-hydrogen) atoms. The third-order valence-electron chi connectivity index (χ3n) is 3.19. The Labute approximate surface area is 98.7 Å². The molecule has 1 aliphatic rings.